The summed E-state index contributed by atoms with van der Waals surface area (Å²) in [6.07, 6.45) is 2.52. The average molecular weight is 241 g/mol. The first kappa shape index (κ1) is 12.5. The Bertz CT molecular complexity index is 384. The fourth-order valence-electron chi connectivity index (χ4n) is 2.49. The molecule has 2 nitrogen and oxygen atoms in total. The molecule has 1 aliphatic heterocycles. The quantitative estimate of drug-likeness (QED) is 0.875. The van der Waals surface area contributed by atoms with Gasteiger partial charge in [-0.05, 0) is 44.0 Å². The van der Waals surface area contributed by atoms with E-state index in [0.717, 1.165) is 32.0 Å². The van der Waals surface area contributed by atoms with Crippen molar-refractivity contribution in [2.24, 2.45) is 0 Å². The molecule has 1 aliphatic rings. The largest absolute Gasteiger partial charge is 0.396 e. The van der Waals surface area contributed by atoms with Crippen LogP contribution >= 0.6 is 0 Å². The zero-order valence-corrected chi connectivity index (χ0v) is 9.70. The highest BCUT2D eigenvalue weighted by Crippen LogP contribution is 2.33. The average Bonchev–Trinajstić information content (AvgIpc) is 2.77. The molecule has 1 N–H and O–H groups in total. The van der Waals surface area contributed by atoms with Crippen molar-refractivity contribution in [1.29, 1.82) is 0 Å². The molecule has 1 aromatic rings. The minimum Gasteiger partial charge on any atom is -0.396 e. The van der Waals surface area contributed by atoms with Crippen LogP contribution in [-0.4, -0.2) is 29.7 Å². The summed E-state index contributed by atoms with van der Waals surface area (Å²) in [4.78, 5) is 2.12. The maximum atomic E-state index is 13.7. The molecular weight excluding hydrogens is 224 g/mol. The van der Waals surface area contributed by atoms with Gasteiger partial charge >= 0.3 is 0 Å². The topological polar surface area (TPSA) is 23.5 Å². The minimum absolute atomic E-state index is 0.0442. The molecule has 4 heteroatoms. The second kappa shape index (κ2) is 5.56. The maximum absolute atomic E-state index is 13.7. The summed E-state index contributed by atoms with van der Waals surface area (Å²) < 4.78 is 26.8. The number of aliphatic hydroxyl groups is 1. The lowest BCUT2D eigenvalue weighted by Gasteiger charge is -2.24. The van der Waals surface area contributed by atoms with E-state index in [1.165, 1.54) is 12.1 Å². The normalized spacial score (nSPS) is 21.0. The van der Waals surface area contributed by atoms with E-state index in [1.54, 1.807) is 0 Å². The zero-order valence-electron chi connectivity index (χ0n) is 9.70. The molecule has 1 aromatic carbocycles. The number of halogens is 2. The van der Waals surface area contributed by atoms with Crippen molar-refractivity contribution in [3.05, 3.63) is 35.4 Å². The third kappa shape index (κ3) is 2.82. The Labute approximate surface area is 99.9 Å². The maximum Gasteiger partial charge on any atom is 0.128 e. The first-order valence-corrected chi connectivity index (χ1v) is 6.02. The molecule has 17 heavy (non-hydrogen) atoms. The molecule has 0 spiro atoms. The standard InChI is InChI=1S/C13H17F2NO/c14-10-4-5-12(15)11(9-10)13-3-1-6-16(13)7-2-8-17/h4-5,9,13,17H,1-3,6-8H2/t13-/m1/s1. The van der Waals surface area contributed by atoms with Gasteiger partial charge in [0.2, 0.25) is 0 Å². The van der Waals surface area contributed by atoms with Crippen LogP contribution in [0.15, 0.2) is 18.2 Å². The molecule has 0 aromatic heterocycles. The lowest BCUT2D eigenvalue weighted by molar-refractivity contribution is 0.211. The molecule has 2 rings (SSSR count). The highest BCUT2D eigenvalue weighted by Gasteiger charge is 2.27. The summed E-state index contributed by atoms with van der Waals surface area (Å²) in [5, 5.41) is 8.82. The number of hydrogen-bond donors (Lipinski definition) is 1. The van der Waals surface area contributed by atoms with Crippen LogP contribution in [0.1, 0.15) is 30.9 Å². The van der Waals surface area contributed by atoms with Crippen molar-refractivity contribution in [3.8, 4) is 0 Å². The summed E-state index contributed by atoms with van der Waals surface area (Å²) in [5.41, 5.74) is 0.445. The predicted octanol–water partition coefficient (Wildman–Crippen LogP) is 2.48. The Hall–Kier alpha value is -1.00. The second-order valence-electron chi connectivity index (χ2n) is 4.44. The van der Waals surface area contributed by atoms with Gasteiger partial charge in [0.1, 0.15) is 11.6 Å². The molecule has 0 amide bonds. The van der Waals surface area contributed by atoms with Crippen LogP contribution in [0.2, 0.25) is 0 Å². The lowest BCUT2D eigenvalue weighted by atomic mass is 10.0. The Kier molecular flexibility index (Phi) is 4.07. The number of likely N-dealkylation sites (tertiary alicyclic amines) is 1. The first-order valence-electron chi connectivity index (χ1n) is 6.02. The van der Waals surface area contributed by atoms with Crippen molar-refractivity contribution >= 4 is 0 Å². The van der Waals surface area contributed by atoms with Gasteiger partial charge in [0, 0.05) is 24.8 Å². The number of hydrogen-bond acceptors (Lipinski definition) is 2. The molecule has 1 heterocycles. The smallest absolute Gasteiger partial charge is 0.128 e. The Morgan fingerprint density at radius 2 is 2.18 bits per heavy atom. The van der Waals surface area contributed by atoms with Crippen LogP contribution in [0, 0.1) is 11.6 Å². The minimum atomic E-state index is -0.393. The summed E-state index contributed by atoms with van der Waals surface area (Å²) in [5.74, 6) is -0.734. The summed E-state index contributed by atoms with van der Waals surface area (Å²) in [6, 6.07) is 3.58. The van der Waals surface area contributed by atoms with Gasteiger partial charge in [-0.2, -0.15) is 0 Å². The van der Waals surface area contributed by atoms with E-state index >= 15 is 0 Å². The third-order valence-corrected chi connectivity index (χ3v) is 3.28. The van der Waals surface area contributed by atoms with Crippen molar-refractivity contribution in [3.63, 3.8) is 0 Å². The second-order valence-corrected chi connectivity index (χ2v) is 4.44. The Balaban J connectivity index is 2.16. The van der Waals surface area contributed by atoms with Gasteiger partial charge < -0.3 is 5.11 Å². The summed E-state index contributed by atoms with van der Waals surface area (Å²) >= 11 is 0. The van der Waals surface area contributed by atoms with Crippen LogP contribution in [-0.2, 0) is 0 Å². The number of aliphatic hydroxyl groups excluding tert-OH is 1. The molecule has 0 saturated carbocycles. The number of benzene rings is 1. The fourth-order valence-corrected chi connectivity index (χ4v) is 2.49. The highest BCUT2D eigenvalue weighted by atomic mass is 19.1. The molecule has 0 radical (unpaired) electrons. The van der Waals surface area contributed by atoms with Crippen LogP contribution < -0.4 is 0 Å². The molecule has 0 aliphatic carbocycles. The Morgan fingerprint density at radius 3 is 2.94 bits per heavy atom. The molecule has 0 bridgehead atoms. The van der Waals surface area contributed by atoms with Gasteiger partial charge in [0.05, 0.1) is 0 Å². The molecule has 1 fully saturated rings. The van der Waals surface area contributed by atoms with E-state index in [2.05, 4.69) is 4.90 Å². The van der Waals surface area contributed by atoms with E-state index in [1.807, 2.05) is 0 Å². The van der Waals surface area contributed by atoms with Gasteiger partial charge in [-0.3, -0.25) is 4.90 Å². The van der Waals surface area contributed by atoms with Crippen molar-refractivity contribution in [2.45, 2.75) is 25.3 Å². The molecule has 0 unspecified atom stereocenters. The third-order valence-electron chi connectivity index (χ3n) is 3.28. The first-order chi connectivity index (χ1) is 8.22. The summed E-state index contributed by atoms with van der Waals surface area (Å²) in [6.45, 7) is 1.76. The predicted molar refractivity (Wildman–Crippen MR) is 61.6 cm³/mol. The number of rotatable bonds is 4. The highest BCUT2D eigenvalue weighted by molar-refractivity contribution is 5.23. The van der Waals surface area contributed by atoms with Gasteiger partial charge in [-0.1, -0.05) is 0 Å². The van der Waals surface area contributed by atoms with E-state index in [0.29, 0.717) is 12.0 Å². The van der Waals surface area contributed by atoms with Gasteiger partial charge in [0.25, 0.3) is 0 Å². The summed E-state index contributed by atoms with van der Waals surface area (Å²) in [7, 11) is 0. The monoisotopic (exact) mass is 241 g/mol. The van der Waals surface area contributed by atoms with Crippen molar-refractivity contribution in [1.82, 2.24) is 4.90 Å². The van der Waals surface area contributed by atoms with Crippen LogP contribution in [0.4, 0.5) is 8.78 Å². The van der Waals surface area contributed by atoms with Gasteiger partial charge in [-0.25, -0.2) is 8.78 Å². The molecule has 94 valence electrons. The fraction of sp³-hybridized carbons (Fsp3) is 0.538. The van der Waals surface area contributed by atoms with Crippen LogP contribution in [0.25, 0.3) is 0 Å². The molecule has 1 saturated heterocycles. The Morgan fingerprint density at radius 1 is 1.35 bits per heavy atom. The molecule has 1 atom stereocenters. The van der Waals surface area contributed by atoms with Crippen LogP contribution in [0.5, 0.6) is 0 Å². The van der Waals surface area contributed by atoms with Crippen LogP contribution in [0.3, 0.4) is 0 Å². The van der Waals surface area contributed by atoms with E-state index in [9.17, 15) is 8.78 Å². The SMILES string of the molecule is OCCCN1CCC[C@@H]1c1cc(F)ccc1F. The van der Waals surface area contributed by atoms with Crippen molar-refractivity contribution < 1.29 is 13.9 Å². The number of nitrogens with zero attached hydrogens (tertiary/aromatic N) is 1. The zero-order chi connectivity index (χ0) is 12.3. The molecular formula is C13H17F2NO. The van der Waals surface area contributed by atoms with Crippen molar-refractivity contribution in [2.75, 3.05) is 19.7 Å². The van der Waals surface area contributed by atoms with E-state index in [4.69, 9.17) is 5.11 Å². The van der Waals surface area contributed by atoms with E-state index < -0.39 is 5.82 Å². The van der Waals surface area contributed by atoms with Gasteiger partial charge in [-0.15, -0.1) is 0 Å². The van der Waals surface area contributed by atoms with E-state index in [-0.39, 0.29) is 18.5 Å². The lowest BCUT2D eigenvalue weighted by Crippen LogP contribution is -2.25. The van der Waals surface area contributed by atoms with Gasteiger partial charge in [0.15, 0.2) is 0 Å².